The number of hydrogen-bond donors (Lipinski definition) is 2. The summed E-state index contributed by atoms with van der Waals surface area (Å²) in [6.45, 7) is 6.85. The smallest absolute Gasteiger partial charge is 0.264 e. The van der Waals surface area contributed by atoms with Crippen LogP contribution in [0.4, 0.5) is 11.4 Å². The van der Waals surface area contributed by atoms with E-state index in [0.717, 1.165) is 42.0 Å². The molecule has 8 heteroatoms. The van der Waals surface area contributed by atoms with Crippen molar-refractivity contribution in [3.05, 3.63) is 89.5 Å². The number of anilines is 2. The van der Waals surface area contributed by atoms with Gasteiger partial charge in [0.2, 0.25) is 0 Å². The summed E-state index contributed by atoms with van der Waals surface area (Å²) in [6, 6.07) is 23.2. The summed E-state index contributed by atoms with van der Waals surface area (Å²) in [5.41, 5.74) is 4.95. The minimum Gasteiger partial charge on any atom is -0.484 e. The van der Waals surface area contributed by atoms with Crippen molar-refractivity contribution in [1.82, 2.24) is 10.2 Å². The lowest BCUT2D eigenvalue weighted by molar-refractivity contribution is -0.121. The van der Waals surface area contributed by atoms with Gasteiger partial charge >= 0.3 is 0 Å². The summed E-state index contributed by atoms with van der Waals surface area (Å²) < 4.78 is 5.48. The molecule has 0 aliphatic carbocycles. The van der Waals surface area contributed by atoms with Gasteiger partial charge < -0.3 is 19.9 Å². The quantitative estimate of drug-likeness (QED) is 0.453. The third-order valence-electron chi connectivity index (χ3n) is 6.31. The first kappa shape index (κ1) is 26.2. The second-order valence-corrected chi connectivity index (χ2v) is 9.39. The SMILES string of the molecule is CCc1ccc(C(=O)N2CCN(c3ccc(NC(=S)NC(=O)COc4ccc(C)cc4)cc3)CC2)cc1. The molecule has 0 atom stereocenters. The second-order valence-electron chi connectivity index (χ2n) is 8.98. The number of thiocarbonyl (C=S) groups is 1. The van der Waals surface area contributed by atoms with Crippen molar-refractivity contribution in [3.8, 4) is 5.75 Å². The van der Waals surface area contributed by atoms with E-state index in [1.165, 1.54) is 5.56 Å². The summed E-state index contributed by atoms with van der Waals surface area (Å²) in [5.74, 6) is 0.385. The van der Waals surface area contributed by atoms with Crippen molar-refractivity contribution in [2.45, 2.75) is 20.3 Å². The van der Waals surface area contributed by atoms with Crippen LogP contribution >= 0.6 is 12.2 Å². The Hall–Kier alpha value is -3.91. The van der Waals surface area contributed by atoms with E-state index >= 15 is 0 Å². The summed E-state index contributed by atoms with van der Waals surface area (Å²) in [7, 11) is 0. The Morgan fingerprint density at radius 2 is 1.54 bits per heavy atom. The Morgan fingerprint density at radius 3 is 2.16 bits per heavy atom. The summed E-state index contributed by atoms with van der Waals surface area (Å²) >= 11 is 5.26. The van der Waals surface area contributed by atoms with E-state index in [2.05, 4.69) is 22.5 Å². The highest BCUT2D eigenvalue weighted by Crippen LogP contribution is 2.20. The van der Waals surface area contributed by atoms with E-state index in [1.807, 2.05) is 84.6 Å². The van der Waals surface area contributed by atoms with Crippen LogP contribution in [-0.2, 0) is 11.2 Å². The number of hydrogen-bond acceptors (Lipinski definition) is 5. The van der Waals surface area contributed by atoms with Crippen molar-refractivity contribution >= 4 is 40.5 Å². The van der Waals surface area contributed by atoms with E-state index in [4.69, 9.17) is 17.0 Å². The largest absolute Gasteiger partial charge is 0.484 e. The maximum atomic E-state index is 12.8. The first-order valence-electron chi connectivity index (χ1n) is 12.4. The Kier molecular flexibility index (Phi) is 8.74. The van der Waals surface area contributed by atoms with Gasteiger partial charge in [-0.1, -0.05) is 36.8 Å². The predicted octanol–water partition coefficient (Wildman–Crippen LogP) is 4.41. The number of carbonyl (C=O) groups excluding carboxylic acids is 2. The maximum absolute atomic E-state index is 12.8. The van der Waals surface area contributed by atoms with Gasteiger partial charge in [-0.15, -0.1) is 0 Å². The van der Waals surface area contributed by atoms with Gasteiger partial charge in [-0.25, -0.2) is 0 Å². The lowest BCUT2D eigenvalue weighted by atomic mass is 10.1. The highest BCUT2D eigenvalue weighted by atomic mass is 32.1. The van der Waals surface area contributed by atoms with E-state index in [0.29, 0.717) is 18.8 Å². The molecule has 2 amide bonds. The van der Waals surface area contributed by atoms with Crippen molar-refractivity contribution < 1.29 is 14.3 Å². The van der Waals surface area contributed by atoms with Crippen LogP contribution in [-0.4, -0.2) is 54.6 Å². The van der Waals surface area contributed by atoms with Gasteiger partial charge in [0.15, 0.2) is 11.7 Å². The molecule has 1 heterocycles. The first-order valence-corrected chi connectivity index (χ1v) is 12.9. The van der Waals surface area contributed by atoms with Gasteiger partial charge in [-0.3, -0.25) is 14.9 Å². The highest BCUT2D eigenvalue weighted by Gasteiger charge is 2.22. The fourth-order valence-corrected chi connectivity index (χ4v) is 4.33. The zero-order valence-electron chi connectivity index (χ0n) is 21.2. The molecule has 0 saturated carbocycles. The number of carbonyl (C=O) groups is 2. The average molecular weight is 517 g/mol. The van der Waals surface area contributed by atoms with E-state index in [1.54, 1.807) is 0 Å². The van der Waals surface area contributed by atoms with Gasteiger partial charge in [0.05, 0.1) is 0 Å². The molecular weight excluding hydrogens is 484 g/mol. The number of piperazine rings is 1. The number of amides is 2. The molecule has 2 N–H and O–H groups in total. The number of benzene rings is 3. The molecule has 37 heavy (non-hydrogen) atoms. The van der Waals surface area contributed by atoms with Crippen LogP contribution in [0.2, 0.25) is 0 Å². The molecule has 3 aromatic carbocycles. The van der Waals surface area contributed by atoms with Crippen LogP contribution in [0.25, 0.3) is 0 Å². The minimum atomic E-state index is -0.330. The Labute approximate surface area is 223 Å². The van der Waals surface area contributed by atoms with Crippen molar-refractivity contribution in [2.24, 2.45) is 0 Å². The molecule has 4 rings (SSSR count). The highest BCUT2D eigenvalue weighted by molar-refractivity contribution is 7.80. The Balaban J connectivity index is 1.21. The molecule has 0 unspecified atom stereocenters. The van der Waals surface area contributed by atoms with Gasteiger partial charge in [0.1, 0.15) is 5.75 Å². The second kappa shape index (κ2) is 12.4. The topological polar surface area (TPSA) is 73.9 Å². The third-order valence-corrected chi connectivity index (χ3v) is 6.51. The summed E-state index contributed by atoms with van der Waals surface area (Å²) in [4.78, 5) is 29.2. The third kappa shape index (κ3) is 7.30. The van der Waals surface area contributed by atoms with Crippen molar-refractivity contribution in [2.75, 3.05) is 43.0 Å². The molecule has 1 fully saturated rings. The normalized spacial score (nSPS) is 13.1. The number of nitrogens with one attached hydrogen (secondary N) is 2. The van der Waals surface area contributed by atoms with E-state index < -0.39 is 0 Å². The lowest BCUT2D eigenvalue weighted by Crippen LogP contribution is -2.48. The molecule has 0 spiro atoms. The molecule has 192 valence electrons. The van der Waals surface area contributed by atoms with Crippen molar-refractivity contribution in [1.29, 1.82) is 0 Å². The standard InChI is InChI=1S/C29H32N4O3S/c1-3-22-6-8-23(9-7-22)28(35)33-18-16-32(17-19-33)25-12-10-24(11-13-25)30-29(37)31-27(34)20-36-26-14-4-21(2)5-15-26/h4-15H,3,16-20H2,1-2H3,(H2,30,31,34,37). The average Bonchev–Trinajstić information content (AvgIpc) is 2.93. The zero-order chi connectivity index (χ0) is 26.2. The van der Waals surface area contributed by atoms with Gasteiger partial charge in [0.25, 0.3) is 11.8 Å². The molecular formula is C29H32N4O3S. The monoisotopic (exact) mass is 516 g/mol. The molecule has 1 aliphatic rings. The zero-order valence-corrected chi connectivity index (χ0v) is 22.0. The maximum Gasteiger partial charge on any atom is 0.264 e. The molecule has 3 aromatic rings. The van der Waals surface area contributed by atoms with Gasteiger partial charge in [0, 0.05) is 43.1 Å². The molecule has 0 bridgehead atoms. The summed E-state index contributed by atoms with van der Waals surface area (Å²) in [6.07, 6.45) is 0.964. The molecule has 7 nitrogen and oxygen atoms in total. The molecule has 0 aromatic heterocycles. The first-order chi connectivity index (χ1) is 17.9. The summed E-state index contributed by atoms with van der Waals surface area (Å²) in [5, 5.41) is 5.87. The van der Waals surface area contributed by atoms with Crippen molar-refractivity contribution in [3.63, 3.8) is 0 Å². The number of ether oxygens (including phenoxy) is 1. The number of aryl methyl sites for hydroxylation is 2. The van der Waals surface area contributed by atoms with Crippen LogP contribution < -0.4 is 20.3 Å². The van der Waals surface area contributed by atoms with Crippen LogP contribution in [0.3, 0.4) is 0 Å². The number of rotatable bonds is 7. The Bertz CT molecular complexity index is 1220. The van der Waals surface area contributed by atoms with Crippen LogP contribution in [0, 0.1) is 6.92 Å². The molecule has 1 saturated heterocycles. The van der Waals surface area contributed by atoms with Crippen LogP contribution in [0.5, 0.6) is 5.75 Å². The van der Waals surface area contributed by atoms with E-state index in [-0.39, 0.29) is 23.5 Å². The molecule has 0 radical (unpaired) electrons. The fourth-order valence-electron chi connectivity index (χ4n) is 4.10. The van der Waals surface area contributed by atoms with Gasteiger partial charge in [-0.2, -0.15) is 0 Å². The fraction of sp³-hybridized carbons (Fsp3) is 0.276. The lowest BCUT2D eigenvalue weighted by Gasteiger charge is -2.36. The minimum absolute atomic E-state index is 0.0849. The van der Waals surface area contributed by atoms with E-state index in [9.17, 15) is 9.59 Å². The number of nitrogens with zero attached hydrogens (tertiary/aromatic N) is 2. The van der Waals surface area contributed by atoms with Crippen LogP contribution in [0.15, 0.2) is 72.8 Å². The Morgan fingerprint density at radius 1 is 0.892 bits per heavy atom. The van der Waals surface area contributed by atoms with Gasteiger partial charge in [-0.05, 0) is 79.7 Å². The van der Waals surface area contributed by atoms with Crippen LogP contribution in [0.1, 0.15) is 28.4 Å². The molecule has 1 aliphatic heterocycles. The predicted molar refractivity (Wildman–Crippen MR) is 151 cm³/mol.